The van der Waals surface area contributed by atoms with Gasteiger partial charge < -0.3 is 14.6 Å². The largest absolute Gasteiger partial charge is 0.507 e. The number of rotatable bonds is 7. The third kappa shape index (κ3) is 4.62. The van der Waals surface area contributed by atoms with E-state index in [4.69, 9.17) is 14.5 Å². The Morgan fingerprint density at radius 1 is 1.15 bits per heavy atom. The molecular formula is C32H30N2O5S. The first kappa shape index (κ1) is 26.1. The normalized spacial score (nSPS) is 19.7. The highest BCUT2D eigenvalue weighted by Crippen LogP contribution is 2.45. The van der Waals surface area contributed by atoms with Crippen molar-refractivity contribution in [3.63, 3.8) is 0 Å². The number of Topliss-reactive ketones (excluding diaryl/α,β-unsaturated/α-hetero) is 1. The van der Waals surface area contributed by atoms with Gasteiger partial charge in [0.25, 0.3) is 5.78 Å². The summed E-state index contributed by atoms with van der Waals surface area (Å²) in [5.41, 5.74) is 3.93. The lowest BCUT2D eigenvalue weighted by Crippen LogP contribution is -2.29. The van der Waals surface area contributed by atoms with Gasteiger partial charge in [-0.25, -0.2) is 4.98 Å². The molecule has 3 aromatic carbocycles. The Labute approximate surface area is 236 Å². The van der Waals surface area contributed by atoms with Crippen LogP contribution in [0.2, 0.25) is 0 Å². The number of hydrogen-bond donors (Lipinski definition) is 1. The number of thiazole rings is 1. The van der Waals surface area contributed by atoms with Crippen molar-refractivity contribution in [2.75, 3.05) is 11.5 Å². The number of benzene rings is 3. The molecule has 1 amide bonds. The van der Waals surface area contributed by atoms with Crippen LogP contribution in [0.5, 0.6) is 11.5 Å². The van der Waals surface area contributed by atoms with E-state index in [1.807, 2.05) is 62.4 Å². The summed E-state index contributed by atoms with van der Waals surface area (Å²) >= 11 is 1.35. The van der Waals surface area contributed by atoms with Gasteiger partial charge in [-0.3, -0.25) is 14.5 Å². The number of anilines is 1. The number of ketones is 1. The summed E-state index contributed by atoms with van der Waals surface area (Å²) < 4.78 is 12.7. The number of aliphatic hydroxyl groups is 1. The molecule has 7 nitrogen and oxygen atoms in total. The Balaban J connectivity index is 1.50. The predicted octanol–water partition coefficient (Wildman–Crippen LogP) is 6.73. The molecule has 6 rings (SSSR count). The van der Waals surface area contributed by atoms with Crippen molar-refractivity contribution in [3.05, 3.63) is 88.5 Å². The smallest absolute Gasteiger partial charge is 0.301 e. The number of aromatic nitrogens is 1. The minimum absolute atomic E-state index is 0.0260. The molecule has 1 fully saturated rings. The summed E-state index contributed by atoms with van der Waals surface area (Å²) in [4.78, 5) is 33.4. The maximum absolute atomic E-state index is 13.7. The second-order valence-electron chi connectivity index (χ2n) is 10.4. The van der Waals surface area contributed by atoms with Gasteiger partial charge in [-0.15, -0.1) is 0 Å². The van der Waals surface area contributed by atoms with Crippen molar-refractivity contribution < 1.29 is 24.2 Å². The Morgan fingerprint density at radius 2 is 2.00 bits per heavy atom. The molecule has 0 unspecified atom stereocenters. The molecule has 1 aromatic heterocycles. The van der Waals surface area contributed by atoms with Crippen molar-refractivity contribution >= 4 is 44.1 Å². The van der Waals surface area contributed by atoms with Crippen LogP contribution in [0.1, 0.15) is 55.0 Å². The third-order valence-electron chi connectivity index (χ3n) is 7.29. The van der Waals surface area contributed by atoms with E-state index in [0.717, 1.165) is 39.9 Å². The fraction of sp³-hybridized carbons (Fsp3) is 0.281. The van der Waals surface area contributed by atoms with Crippen molar-refractivity contribution in [1.82, 2.24) is 4.98 Å². The molecule has 2 aliphatic heterocycles. The van der Waals surface area contributed by atoms with Crippen molar-refractivity contribution in [1.29, 1.82) is 0 Å². The van der Waals surface area contributed by atoms with Crippen LogP contribution in [0.3, 0.4) is 0 Å². The summed E-state index contributed by atoms with van der Waals surface area (Å²) in [5, 5.41) is 12.0. The van der Waals surface area contributed by atoms with Gasteiger partial charge in [0.15, 0.2) is 5.13 Å². The number of nitrogens with zero attached hydrogens (tertiary/aromatic N) is 2. The zero-order valence-electron chi connectivity index (χ0n) is 22.6. The van der Waals surface area contributed by atoms with E-state index in [0.29, 0.717) is 35.0 Å². The second kappa shape index (κ2) is 10.4. The molecule has 2 aliphatic rings. The highest BCUT2D eigenvalue weighted by molar-refractivity contribution is 7.22. The van der Waals surface area contributed by atoms with Gasteiger partial charge in [0.1, 0.15) is 23.4 Å². The van der Waals surface area contributed by atoms with Gasteiger partial charge in [-0.1, -0.05) is 42.9 Å². The molecule has 0 bridgehead atoms. The Kier molecular flexibility index (Phi) is 6.80. The van der Waals surface area contributed by atoms with Gasteiger partial charge in [-0.2, -0.15) is 0 Å². The van der Waals surface area contributed by atoms with Crippen molar-refractivity contribution in [3.8, 4) is 11.5 Å². The van der Waals surface area contributed by atoms with E-state index in [1.54, 1.807) is 12.1 Å². The standard InChI is InChI=1S/C32H30N2O5S/c1-4-5-13-38-23-8-6-7-20(17-23)28-27(29(35)21-10-12-25-22(16-21)15-19(3)39-25)30(36)31(37)34(28)32-33-24-11-9-18(2)14-26(24)40-32/h6-12,14,16-17,19,28,35H,4-5,13,15H2,1-3H3/t19-,28-/m0/s1. The number of carbonyl (C=O) groups is 2. The van der Waals surface area contributed by atoms with E-state index < -0.39 is 17.7 Å². The molecule has 0 aliphatic carbocycles. The number of hydrogen-bond acceptors (Lipinski definition) is 7. The lowest BCUT2D eigenvalue weighted by Gasteiger charge is -2.23. The monoisotopic (exact) mass is 554 g/mol. The molecule has 0 spiro atoms. The summed E-state index contributed by atoms with van der Waals surface area (Å²) in [6.45, 7) is 6.64. The maximum Gasteiger partial charge on any atom is 0.301 e. The summed E-state index contributed by atoms with van der Waals surface area (Å²) in [6.07, 6.45) is 2.66. The molecule has 0 radical (unpaired) electrons. The van der Waals surface area contributed by atoms with E-state index >= 15 is 0 Å². The molecule has 4 aromatic rings. The fourth-order valence-electron chi connectivity index (χ4n) is 5.30. The van der Waals surface area contributed by atoms with Gasteiger partial charge in [0.05, 0.1) is 28.4 Å². The van der Waals surface area contributed by atoms with Gasteiger partial charge in [-0.05, 0) is 79.4 Å². The molecule has 204 valence electrons. The molecule has 1 saturated heterocycles. The lowest BCUT2D eigenvalue weighted by atomic mass is 9.94. The average Bonchev–Trinajstić information content (AvgIpc) is 3.60. The molecule has 8 heteroatoms. The number of aryl methyl sites for hydroxylation is 1. The van der Waals surface area contributed by atoms with Crippen LogP contribution >= 0.6 is 11.3 Å². The molecule has 0 saturated carbocycles. The first-order valence-corrected chi connectivity index (χ1v) is 14.4. The number of carbonyl (C=O) groups excluding carboxylic acids is 2. The van der Waals surface area contributed by atoms with E-state index in [1.165, 1.54) is 16.2 Å². The minimum Gasteiger partial charge on any atom is -0.507 e. The molecule has 40 heavy (non-hydrogen) atoms. The van der Waals surface area contributed by atoms with Crippen molar-refractivity contribution in [2.45, 2.75) is 52.2 Å². The Morgan fingerprint density at radius 3 is 2.83 bits per heavy atom. The van der Waals surface area contributed by atoms with E-state index in [9.17, 15) is 14.7 Å². The van der Waals surface area contributed by atoms with Crippen LogP contribution in [-0.2, 0) is 16.0 Å². The molecule has 2 atom stereocenters. The topological polar surface area (TPSA) is 89.0 Å². The summed E-state index contributed by atoms with van der Waals surface area (Å²) in [7, 11) is 0. The minimum atomic E-state index is -0.875. The zero-order chi connectivity index (χ0) is 28.0. The van der Waals surface area contributed by atoms with Crippen LogP contribution < -0.4 is 14.4 Å². The average molecular weight is 555 g/mol. The third-order valence-corrected chi connectivity index (χ3v) is 8.31. The maximum atomic E-state index is 13.7. The molecule has 3 heterocycles. The first-order chi connectivity index (χ1) is 19.3. The van der Waals surface area contributed by atoms with Crippen molar-refractivity contribution in [2.24, 2.45) is 0 Å². The summed E-state index contributed by atoms with van der Waals surface area (Å²) in [5.74, 6) is -0.288. The van der Waals surface area contributed by atoms with Gasteiger partial charge in [0, 0.05) is 12.0 Å². The number of ether oxygens (including phenoxy) is 2. The first-order valence-electron chi connectivity index (χ1n) is 13.5. The van der Waals surface area contributed by atoms with Crippen LogP contribution in [0.25, 0.3) is 16.0 Å². The number of fused-ring (bicyclic) bond motifs is 2. The lowest BCUT2D eigenvalue weighted by molar-refractivity contribution is -0.132. The SMILES string of the molecule is CCCCOc1cccc([C@H]2C(=C(O)c3ccc4c(c3)C[C@H](C)O4)C(=O)C(=O)N2c2nc3ccc(C)cc3s2)c1. The summed E-state index contributed by atoms with van der Waals surface area (Å²) in [6, 6.07) is 17.8. The van der Waals surface area contributed by atoms with Gasteiger partial charge >= 0.3 is 5.91 Å². The van der Waals surface area contributed by atoms with Crippen LogP contribution in [0.15, 0.2) is 66.2 Å². The molecule has 1 N–H and O–H groups in total. The molecular weight excluding hydrogens is 524 g/mol. The number of unbranched alkanes of at least 4 members (excludes halogenated alkanes) is 1. The van der Waals surface area contributed by atoms with Crippen LogP contribution in [0, 0.1) is 6.92 Å². The Hall–Kier alpha value is -4.17. The van der Waals surface area contributed by atoms with Gasteiger partial charge in [0.2, 0.25) is 0 Å². The van der Waals surface area contributed by atoms with E-state index in [2.05, 4.69) is 6.92 Å². The van der Waals surface area contributed by atoms with Crippen LogP contribution in [0.4, 0.5) is 5.13 Å². The fourth-order valence-corrected chi connectivity index (χ4v) is 6.39. The quantitative estimate of drug-likeness (QED) is 0.118. The zero-order valence-corrected chi connectivity index (χ0v) is 23.5. The highest BCUT2D eigenvalue weighted by Gasteiger charge is 2.48. The Bertz CT molecular complexity index is 1670. The van der Waals surface area contributed by atoms with E-state index in [-0.39, 0.29) is 17.4 Å². The second-order valence-corrected chi connectivity index (χ2v) is 11.4. The van der Waals surface area contributed by atoms with Crippen LogP contribution in [-0.4, -0.2) is 34.5 Å². The highest BCUT2D eigenvalue weighted by atomic mass is 32.1. The predicted molar refractivity (Wildman–Crippen MR) is 156 cm³/mol. The number of amides is 1. The number of aliphatic hydroxyl groups excluding tert-OH is 1.